The molecule has 0 nitrogen and oxygen atoms in total. The minimum absolute atomic E-state index is 0.204. The first-order chi connectivity index (χ1) is 28.0. The second-order valence-corrected chi connectivity index (χ2v) is 21.0. The van der Waals surface area contributed by atoms with Crippen LogP contribution in [0.5, 0.6) is 0 Å². The number of fused-ring (bicyclic) bond motifs is 4. The van der Waals surface area contributed by atoms with Gasteiger partial charge in [-0.1, -0.05) is 193 Å². The third-order valence-electron chi connectivity index (χ3n) is 10.6. The van der Waals surface area contributed by atoms with Crippen LogP contribution in [0, 0.1) is 6.92 Å². The van der Waals surface area contributed by atoms with E-state index >= 15 is 0 Å². The van der Waals surface area contributed by atoms with Crippen molar-refractivity contribution in [2.45, 2.75) is 66.0 Å². The summed E-state index contributed by atoms with van der Waals surface area (Å²) >= 11 is -0.826. The standard InChI is InChI=1S/C30H21.C22H25.C2H6Si.2ClH.Zr/c1-20-16-23-18-24(27-14-6-10-21-8-2-4-12-25(21)27)19-30(29(23)17-20)28-15-7-11-22-9-3-5-13-26(22)28;1-15(2)18-13-17-7-6-8-20(21(17)14-18)16-9-11-19(12-10-16)22(3,4)5;1-3-2;;;/h2-19H,1H3;6-15H,1-5H3;1-2H3;2*1H;/q2*-1;;;;+4/p-2. The van der Waals surface area contributed by atoms with Gasteiger partial charge in [0.25, 0.3) is 0 Å². The average Bonchev–Trinajstić information content (AvgIpc) is 3.84. The van der Waals surface area contributed by atoms with Crippen LogP contribution in [0.15, 0.2) is 164 Å². The van der Waals surface area contributed by atoms with Gasteiger partial charge in [0.15, 0.2) is 0 Å². The van der Waals surface area contributed by atoms with Gasteiger partial charge >= 0.3 is 37.9 Å². The Morgan fingerprint density at radius 3 is 1.60 bits per heavy atom. The quantitative estimate of drug-likeness (QED) is 0.122. The monoisotopic (exact) mass is 888 g/mol. The van der Waals surface area contributed by atoms with Crippen LogP contribution in [0.4, 0.5) is 0 Å². The molecule has 290 valence electrons. The molecule has 0 amide bonds. The van der Waals surface area contributed by atoms with Crippen molar-refractivity contribution in [1.82, 2.24) is 0 Å². The predicted molar refractivity (Wildman–Crippen MR) is 257 cm³/mol. The van der Waals surface area contributed by atoms with Gasteiger partial charge in [0.1, 0.15) is 0 Å². The first-order valence-corrected chi connectivity index (χ1v) is 28.3. The number of rotatable bonds is 4. The molecule has 0 fully saturated rings. The second kappa shape index (κ2) is 19.8. The van der Waals surface area contributed by atoms with E-state index < -0.39 is 20.8 Å². The maximum absolute atomic E-state index is 4.93. The van der Waals surface area contributed by atoms with Crippen LogP contribution in [0.2, 0.25) is 13.1 Å². The summed E-state index contributed by atoms with van der Waals surface area (Å²) in [7, 11) is 11.0. The van der Waals surface area contributed by atoms with Crippen molar-refractivity contribution < 1.29 is 20.8 Å². The van der Waals surface area contributed by atoms with Crippen molar-refractivity contribution in [1.29, 1.82) is 0 Å². The van der Waals surface area contributed by atoms with Gasteiger partial charge in [-0.2, -0.15) is 12.1 Å². The Morgan fingerprint density at radius 1 is 0.517 bits per heavy atom. The van der Waals surface area contributed by atoms with Crippen LogP contribution < -0.4 is 0 Å². The van der Waals surface area contributed by atoms with E-state index in [0.717, 1.165) is 9.52 Å². The molecular weight excluding hydrogens is 839 g/mol. The summed E-state index contributed by atoms with van der Waals surface area (Å²) in [6.45, 7) is 17.8. The van der Waals surface area contributed by atoms with Crippen LogP contribution in [0.25, 0.3) is 76.5 Å². The van der Waals surface area contributed by atoms with Crippen molar-refractivity contribution in [3.05, 3.63) is 180 Å². The number of hydrogen-bond acceptors (Lipinski definition) is 0. The van der Waals surface area contributed by atoms with Crippen molar-refractivity contribution in [2.75, 3.05) is 0 Å². The molecule has 0 aromatic heterocycles. The van der Waals surface area contributed by atoms with Crippen LogP contribution in [0.1, 0.15) is 57.2 Å². The number of hydrogen-bond donors (Lipinski definition) is 0. The van der Waals surface area contributed by atoms with Gasteiger partial charge in [-0.25, -0.2) is 0 Å². The Balaban J connectivity index is 0.000000179. The molecule has 4 heteroatoms. The van der Waals surface area contributed by atoms with Gasteiger partial charge in [-0.15, -0.1) is 63.0 Å². The Morgan fingerprint density at radius 2 is 1.02 bits per heavy atom. The summed E-state index contributed by atoms with van der Waals surface area (Å²) in [5.74, 6) is 0.573. The van der Waals surface area contributed by atoms with Crippen LogP contribution in [-0.4, -0.2) is 9.52 Å². The van der Waals surface area contributed by atoms with Gasteiger partial charge in [0.2, 0.25) is 0 Å². The molecule has 0 bridgehead atoms. The van der Waals surface area contributed by atoms with Crippen LogP contribution >= 0.6 is 17.0 Å². The second-order valence-electron chi connectivity index (χ2n) is 16.3. The molecule has 0 aliphatic carbocycles. The van der Waals surface area contributed by atoms with Crippen molar-refractivity contribution >= 4 is 69.6 Å². The van der Waals surface area contributed by atoms with Gasteiger partial charge in [0, 0.05) is 9.52 Å². The molecule has 58 heavy (non-hydrogen) atoms. The van der Waals surface area contributed by atoms with E-state index in [1.165, 1.54) is 93.2 Å². The Bertz CT molecular complexity index is 2730. The topological polar surface area (TPSA) is 0 Å². The summed E-state index contributed by atoms with van der Waals surface area (Å²) in [4.78, 5) is 0. The van der Waals surface area contributed by atoms with Gasteiger partial charge in [0.05, 0.1) is 0 Å². The summed E-state index contributed by atoms with van der Waals surface area (Å²) < 4.78 is 0. The molecule has 0 N–H and O–H groups in total. The van der Waals surface area contributed by atoms with E-state index in [0.29, 0.717) is 5.92 Å². The predicted octanol–water partition coefficient (Wildman–Crippen LogP) is 17.3. The Labute approximate surface area is 367 Å². The molecule has 9 aromatic rings. The summed E-state index contributed by atoms with van der Waals surface area (Å²) in [5.41, 5.74) is 12.1. The van der Waals surface area contributed by atoms with Gasteiger partial charge < -0.3 is 0 Å². The SMILES string of the molecule is CC(C)c1cc2c(-c3ccc(C(C)(C)C)cc3)cccc2[cH-]1.C[Si]C.Cc1cc2c(-c3cccc4ccccc34)cc(-c3cccc4ccccc34)cc2[cH-]1.[Cl][Zr+2][Cl]. The van der Waals surface area contributed by atoms with E-state index in [-0.39, 0.29) is 5.41 Å². The normalized spacial score (nSPS) is 11.1. The number of aryl methyl sites for hydroxylation is 1. The molecule has 0 aliphatic heterocycles. The molecule has 0 spiro atoms. The molecule has 0 saturated carbocycles. The molecular formula is C54H52Cl2SiZr. The van der Waals surface area contributed by atoms with Crippen molar-refractivity contribution in [3.8, 4) is 33.4 Å². The first kappa shape index (κ1) is 43.5. The molecule has 0 unspecified atom stereocenters. The fourth-order valence-corrected chi connectivity index (χ4v) is 7.78. The molecule has 0 saturated heterocycles. The Hall–Kier alpha value is -4.04. The van der Waals surface area contributed by atoms with Gasteiger partial charge in [-0.05, 0) is 55.1 Å². The molecule has 0 aliphatic rings. The van der Waals surface area contributed by atoms with Crippen molar-refractivity contribution in [2.24, 2.45) is 0 Å². The molecule has 0 heterocycles. The van der Waals surface area contributed by atoms with Crippen molar-refractivity contribution in [3.63, 3.8) is 0 Å². The molecule has 9 rings (SSSR count). The van der Waals surface area contributed by atoms with E-state index in [2.05, 4.69) is 218 Å². The summed E-state index contributed by atoms with van der Waals surface area (Å²) in [6, 6.07) is 60.2. The fraction of sp³-hybridized carbons (Fsp3) is 0.185. The minimum atomic E-state index is -0.826. The maximum atomic E-state index is 4.93. The van der Waals surface area contributed by atoms with E-state index in [1.807, 2.05) is 0 Å². The first-order valence-electron chi connectivity index (χ1n) is 20.0. The zero-order valence-electron chi connectivity index (χ0n) is 34.9. The number of benzene rings is 7. The van der Waals surface area contributed by atoms with E-state index in [4.69, 9.17) is 17.0 Å². The number of halogens is 2. The van der Waals surface area contributed by atoms with Gasteiger partial charge in [-0.3, -0.25) is 0 Å². The average molecular weight is 891 g/mol. The van der Waals surface area contributed by atoms with E-state index in [1.54, 1.807) is 0 Å². The fourth-order valence-electron chi connectivity index (χ4n) is 7.78. The van der Waals surface area contributed by atoms with E-state index in [9.17, 15) is 0 Å². The third-order valence-corrected chi connectivity index (χ3v) is 10.6. The van der Waals surface area contributed by atoms with Crippen LogP contribution in [0.3, 0.4) is 0 Å². The zero-order chi connectivity index (χ0) is 41.4. The Kier molecular flexibility index (Phi) is 14.9. The third kappa shape index (κ3) is 10.0. The summed E-state index contributed by atoms with van der Waals surface area (Å²) in [6.07, 6.45) is 0. The summed E-state index contributed by atoms with van der Waals surface area (Å²) in [5, 5.41) is 10.5. The zero-order valence-corrected chi connectivity index (χ0v) is 39.9. The molecule has 2 radical (unpaired) electrons. The molecule has 0 atom stereocenters. The molecule has 9 aromatic carbocycles. The van der Waals surface area contributed by atoms with Crippen LogP contribution in [-0.2, 0) is 26.3 Å².